The highest BCUT2D eigenvalue weighted by atomic mass is 16.3. The van der Waals surface area contributed by atoms with Gasteiger partial charge in [0.15, 0.2) is 0 Å². The highest BCUT2D eigenvalue weighted by molar-refractivity contribution is 5.49. The Balaban J connectivity index is 3.20. The molecule has 0 aliphatic heterocycles. The lowest BCUT2D eigenvalue weighted by atomic mass is 9.86. The van der Waals surface area contributed by atoms with Gasteiger partial charge in [-0.15, -0.1) is 0 Å². The average Bonchev–Trinajstić information content (AvgIpc) is 2.18. The van der Waals surface area contributed by atoms with Crippen LogP contribution in [0.2, 0.25) is 0 Å². The van der Waals surface area contributed by atoms with Crippen LogP contribution < -0.4 is 4.90 Å². The third kappa shape index (κ3) is 2.04. The van der Waals surface area contributed by atoms with Gasteiger partial charge in [0.05, 0.1) is 6.61 Å². The van der Waals surface area contributed by atoms with E-state index in [0.29, 0.717) is 0 Å². The lowest BCUT2D eigenvalue weighted by molar-refractivity contribution is 0.218. The molecule has 3 nitrogen and oxygen atoms in total. The lowest BCUT2D eigenvalue weighted by Crippen LogP contribution is -2.26. The Morgan fingerprint density at radius 1 is 1.43 bits per heavy atom. The highest BCUT2D eigenvalue weighted by Crippen LogP contribution is 2.28. The fourth-order valence-electron chi connectivity index (χ4n) is 1.37. The molecule has 0 saturated carbocycles. The summed E-state index contributed by atoms with van der Waals surface area (Å²) in [4.78, 5) is 6.27. The second-order valence-corrected chi connectivity index (χ2v) is 4.31. The zero-order chi connectivity index (χ0) is 10.8. The maximum absolute atomic E-state index is 9.31. The molecule has 0 aliphatic rings. The summed E-state index contributed by atoms with van der Waals surface area (Å²) in [6.07, 6.45) is 1.77. The first kappa shape index (κ1) is 11.0. The minimum absolute atomic E-state index is 0.125. The summed E-state index contributed by atoms with van der Waals surface area (Å²) in [6.45, 7) is 4.15. The molecule has 1 aromatic heterocycles. The van der Waals surface area contributed by atoms with E-state index >= 15 is 0 Å². The standard InChI is InChI=1S/C11H18N2O/c1-11(2,8-14)9-6-5-7-12-10(9)13(3)4/h5-7,14H,8H2,1-4H3. The summed E-state index contributed by atoms with van der Waals surface area (Å²) in [5, 5.41) is 9.31. The van der Waals surface area contributed by atoms with Gasteiger partial charge >= 0.3 is 0 Å². The first-order valence-corrected chi connectivity index (χ1v) is 4.72. The maximum atomic E-state index is 9.31. The molecule has 0 amide bonds. The van der Waals surface area contributed by atoms with Gasteiger partial charge in [-0.25, -0.2) is 4.98 Å². The normalized spacial score (nSPS) is 11.5. The molecule has 14 heavy (non-hydrogen) atoms. The number of nitrogens with zero attached hydrogens (tertiary/aromatic N) is 2. The molecule has 1 heterocycles. The Hall–Kier alpha value is -1.09. The molecule has 0 radical (unpaired) electrons. The molecule has 78 valence electrons. The average molecular weight is 194 g/mol. The third-order valence-electron chi connectivity index (χ3n) is 2.33. The van der Waals surface area contributed by atoms with Crippen molar-refractivity contribution in [3.05, 3.63) is 23.9 Å². The molecule has 0 fully saturated rings. The second-order valence-electron chi connectivity index (χ2n) is 4.31. The number of rotatable bonds is 3. The van der Waals surface area contributed by atoms with Crippen LogP contribution in [0.15, 0.2) is 18.3 Å². The Bertz CT molecular complexity index is 308. The van der Waals surface area contributed by atoms with Crippen LogP contribution in [0.4, 0.5) is 5.82 Å². The molecule has 0 saturated heterocycles. The molecule has 0 atom stereocenters. The van der Waals surface area contributed by atoms with Crippen LogP contribution in [0.1, 0.15) is 19.4 Å². The fourth-order valence-corrected chi connectivity index (χ4v) is 1.37. The Kier molecular flexibility index (Phi) is 3.11. The van der Waals surface area contributed by atoms with Crippen molar-refractivity contribution in [2.75, 3.05) is 25.6 Å². The largest absolute Gasteiger partial charge is 0.395 e. The second kappa shape index (κ2) is 3.96. The summed E-state index contributed by atoms with van der Waals surface area (Å²) in [7, 11) is 3.92. The van der Waals surface area contributed by atoms with Gasteiger partial charge in [-0.1, -0.05) is 19.9 Å². The topological polar surface area (TPSA) is 36.4 Å². The van der Waals surface area contributed by atoms with Crippen molar-refractivity contribution in [3.8, 4) is 0 Å². The molecule has 0 bridgehead atoms. The zero-order valence-electron chi connectivity index (χ0n) is 9.28. The van der Waals surface area contributed by atoms with Gasteiger partial charge in [-0.05, 0) is 6.07 Å². The van der Waals surface area contributed by atoms with Crippen LogP contribution in [0, 0.1) is 0 Å². The molecule has 1 N–H and O–H groups in total. The minimum Gasteiger partial charge on any atom is -0.395 e. The van der Waals surface area contributed by atoms with Crippen LogP contribution in [0.3, 0.4) is 0 Å². The zero-order valence-corrected chi connectivity index (χ0v) is 9.28. The van der Waals surface area contributed by atoms with Gasteiger partial charge in [-0.2, -0.15) is 0 Å². The SMILES string of the molecule is CN(C)c1ncccc1C(C)(C)CO. The van der Waals surface area contributed by atoms with E-state index in [1.54, 1.807) is 6.20 Å². The Morgan fingerprint density at radius 3 is 2.57 bits per heavy atom. The van der Waals surface area contributed by atoms with Gasteiger partial charge in [0.25, 0.3) is 0 Å². The van der Waals surface area contributed by atoms with Gasteiger partial charge in [0.2, 0.25) is 0 Å². The van der Waals surface area contributed by atoms with Crippen molar-refractivity contribution in [1.82, 2.24) is 4.98 Å². The van der Waals surface area contributed by atoms with Crippen molar-refractivity contribution in [2.24, 2.45) is 0 Å². The van der Waals surface area contributed by atoms with Crippen LogP contribution in [0.5, 0.6) is 0 Å². The van der Waals surface area contributed by atoms with E-state index in [9.17, 15) is 5.11 Å². The predicted molar refractivity (Wildman–Crippen MR) is 58.7 cm³/mol. The van der Waals surface area contributed by atoms with E-state index in [0.717, 1.165) is 11.4 Å². The number of aromatic nitrogens is 1. The summed E-state index contributed by atoms with van der Waals surface area (Å²) in [5.41, 5.74) is 0.834. The number of pyridine rings is 1. The van der Waals surface area contributed by atoms with Crippen LogP contribution in [-0.4, -0.2) is 30.8 Å². The van der Waals surface area contributed by atoms with Crippen LogP contribution >= 0.6 is 0 Å². The molecule has 0 aliphatic carbocycles. The van der Waals surface area contributed by atoms with E-state index in [1.807, 2.05) is 45.0 Å². The minimum atomic E-state index is -0.242. The fraction of sp³-hybridized carbons (Fsp3) is 0.545. The van der Waals surface area contributed by atoms with Crippen LogP contribution in [-0.2, 0) is 5.41 Å². The number of aliphatic hydroxyl groups is 1. The van der Waals surface area contributed by atoms with Gasteiger partial charge in [-0.3, -0.25) is 0 Å². The van der Waals surface area contributed by atoms with E-state index in [4.69, 9.17) is 0 Å². The first-order chi connectivity index (χ1) is 6.49. The van der Waals surface area contributed by atoms with Crippen molar-refractivity contribution < 1.29 is 5.11 Å². The number of hydrogen-bond donors (Lipinski definition) is 1. The molecule has 1 aromatic rings. The molecule has 0 unspecified atom stereocenters. The van der Waals surface area contributed by atoms with Crippen molar-refractivity contribution >= 4 is 5.82 Å². The summed E-state index contributed by atoms with van der Waals surface area (Å²) in [5.74, 6) is 0.923. The summed E-state index contributed by atoms with van der Waals surface area (Å²) in [6, 6.07) is 3.91. The molecule has 1 rings (SSSR count). The molecule has 0 aromatic carbocycles. The third-order valence-corrected chi connectivity index (χ3v) is 2.33. The number of aliphatic hydroxyl groups excluding tert-OH is 1. The van der Waals surface area contributed by atoms with E-state index in [1.165, 1.54) is 0 Å². The van der Waals surface area contributed by atoms with Gasteiger partial charge in [0.1, 0.15) is 5.82 Å². The van der Waals surface area contributed by atoms with Crippen LogP contribution in [0.25, 0.3) is 0 Å². The Morgan fingerprint density at radius 2 is 2.07 bits per heavy atom. The van der Waals surface area contributed by atoms with Crippen molar-refractivity contribution in [2.45, 2.75) is 19.3 Å². The summed E-state index contributed by atoms with van der Waals surface area (Å²) < 4.78 is 0. The monoisotopic (exact) mass is 194 g/mol. The van der Waals surface area contributed by atoms with Gasteiger partial charge < -0.3 is 10.0 Å². The smallest absolute Gasteiger partial charge is 0.131 e. The number of hydrogen-bond acceptors (Lipinski definition) is 3. The molecule has 3 heteroatoms. The summed E-state index contributed by atoms with van der Waals surface area (Å²) >= 11 is 0. The highest BCUT2D eigenvalue weighted by Gasteiger charge is 2.23. The number of anilines is 1. The van der Waals surface area contributed by atoms with E-state index < -0.39 is 0 Å². The lowest BCUT2D eigenvalue weighted by Gasteiger charge is -2.27. The van der Waals surface area contributed by atoms with E-state index in [2.05, 4.69) is 4.98 Å². The first-order valence-electron chi connectivity index (χ1n) is 4.72. The maximum Gasteiger partial charge on any atom is 0.131 e. The van der Waals surface area contributed by atoms with Gasteiger partial charge in [0, 0.05) is 31.3 Å². The molecular formula is C11H18N2O. The predicted octanol–water partition coefficient (Wildman–Crippen LogP) is 1.42. The quantitative estimate of drug-likeness (QED) is 0.790. The van der Waals surface area contributed by atoms with E-state index in [-0.39, 0.29) is 12.0 Å². The Labute approximate surface area is 85.4 Å². The molecular weight excluding hydrogens is 176 g/mol. The van der Waals surface area contributed by atoms with Crippen molar-refractivity contribution in [3.63, 3.8) is 0 Å². The molecule has 0 spiro atoms. The van der Waals surface area contributed by atoms with Crippen molar-refractivity contribution in [1.29, 1.82) is 0 Å².